The molecule has 0 saturated carbocycles. The van der Waals surface area contributed by atoms with Crippen LogP contribution in [0, 0.1) is 0 Å². The quantitative estimate of drug-likeness (QED) is 0.547. The van der Waals surface area contributed by atoms with Crippen LogP contribution in [0.25, 0.3) is 21.9 Å². The Balaban J connectivity index is 2.45. The first-order valence-electron chi connectivity index (χ1n) is 11.0. The highest BCUT2D eigenvalue weighted by atomic mass is 16.6. The van der Waals surface area contributed by atoms with Crippen molar-refractivity contribution < 1.29 is 14.3 Å². The number of hydrogen-bond donors (Lipinski definition) is 0. The lowest BCUT2D eigenvalue weighted by Gasteiger charge is -2.31. The molecular formula is C26H33N3O4. The molecule has 0 fully saturated rings. The average Bonchev–Trinajstić information content (AvgIpc) is 2.75. The van der Waals surface area contributed by atoms with Crippen LogP contribution in [0.1, 0.15) is 33.4 Å². The first-order chi connectivity index (χ1) is 15.6. The van der Waals surface area contributed by atoms with E-state index in [-0.39, 0.29) is 12.1 Å². The number of hydrogen-bond acceptors (Lipinski definition) is 5. The molecule has 33 heavy (non-hydrogen) atoms. The Hall–Kier alpha value is -3.32. The van der Waals surface area contributed by atoms with E-state index in [0.717, 1.165) is 16.5 Å². The van der Waals surface area contributed by atoms with Crippen molar-refractivity contribution in [3.8, 4) is 16.9 Å². The molecule has 0 aliphatic carbocycles. The van der Waals surface area contributed by atoms with Crippen molar-refractivity contribution in [2.45, 2.75) is 39.8 Å². The first-order valence-corrected chi connectivity index (χ1v) is 11.0. The Labute approximate surface area is 195 Å². The minimum atomic E-state index is -0.692. The molecule has 1 aromatic heterocycles. The lowest BCUT2D eigenvalue weighted by atomic mass is 9.96. The fourth-order valence-electron chi connectivity index (χ4n) is 3.84. The van der Waals surface area contributed by atoms with Gasteiger partial charge >= 0.3 is 6.09 Å². The highest BCUT2D eigenvalue weighted by Gasteiger charge is 2.28. The molecule has 0 N–H and O–H groups in total. The van der Waals surface area contributed by atoms with Crippen molar-refractivity contribution in [2.75, 3.05) is 32.8 Å². The molecule has 3 rings (SSSR count). The number of ether oxygens (including phenoxy) is 2. The van der Waals surface area contributed by atoms with Crippen molar-refractivity contribution in [2.24, 2.45) is 0 Å². The highest BCUT2D eigenvalue weighted by molar-refractivity contribution is 5.98. The largest absolute Gasteiger partial charge is 0.497 e. The number of carbonyl (C=O) groups excluding carboxylic acids is 1. The molecule has 0 spiro atoms. The average molecular weight is 452 g/mol. The van der Waals surface area contributed by atoms with Gasteiger partial charge < -0.3 is 14.4 Å². The summed E-state index contributed by atoms with van der Waals surface area (Å²) in [6.07, 6.45) is -0.570. The zero-order valence-electron chi connectivity index (χ0n) is 20.5. The summed E-state index contributed by atoms with van der Waals surface area (Å²) in [5.41, 5.74) is 1.55. The van der Waals surface area contributed by atoms with Crippen LogP contribution in [0.5, 0.6) is 5.75 Å². The molecule has 0 saturated heterocycles. The van der Waals surface area contributed by atoms with Gasteiger partial charge in [-0.3, -0.25) is 4.79 Å². The highest BCUT2D eigenvalue weighted by Crippen LogP contribution is 2.33. The Morgan fingerprint density at radius 1 is 1.03 bits per heavy atom. The second-order valence-corrected chi connectivity index (χ2v) is 9.15. The third-order valence-electron chi connectivity index (χ3n) is 5.14. The minimum Gasteiger partial charge on any atom is -0.497 e. The summed E-state index contributed by atoms with van der Waals surface area (Å²) in [6, 6.07) is 15.3. The minimum absolute atomic E-state index is 0.269. The third kappa shape index (κ3) is 5.20. The number of rotatable bonds is 6. The smallest absolute Gasteiger partial charge is 0.429 e. The van der Waals surface area contributed by atoms with Crippen LogP contribution in [0.3, 0.4) is 0 Å². The van der Waals surface area contributed by atoms with E-state index in [4.69, 9.17) is 9.47 Å². The number of methoxy groups -OCH3 is 1. The maximum Gasteiger partial charge on any atom is 0.429 e. The van der Waals surface area contributed by atoms with Gasteiger partial charge in [0.25, 0.3) is 5.56 Å². The van der Waals surface area contributed by atoms with Gasteiger partial charge in [0, 0.05) is 29.4 Å². The number of fused-ring (bicyclic) bond motifs is 1. The van der Waals surface area contributed by atoms with Crippen LogP contribution in [0.15, 0.2) is 53.3 Å². The molecule has 1 amide bonds. The van der Waals surface area contributed by atoms with Crippen molar-refractivity contribution in [3.63, 3.8) is 0 Å². The Kier molecular flexibility index (Phi) is 7.12. The molecule has 176 valence electrons. The summed E-state index contributed by atoms with van der Waals surface area (Å²) in [5.74, 6) is 0.659. The first kappa shape index (κ1) is 24.3. The van der Waals surface area contributed by atoms with Gasteiger partial charge in [0.1, 0.15) is 11.4 Å². The number of amides is 1. The molecule has 0 atom stereocenters. The van der Waals surface area contributed by atoms with Crippen LogP contribution in [-0.4, -0.2) is 49.0 Å². The molecule has 3 aromatic rings. The number of carbonyl (C=O) groups is 1. The molecule has 0 bridgehead atoms. The van der Waals surface area contributed by atoms with Gasteiger partial charge in [-0.25, -0.2) is 14.5 Å². The second kappa shape index (κ2) is 9.67. The summed E-state index contributed by atoms with van der Waals surface area (Å²) in [5, 5.41) is 2.65. The summed E-state index contributed by atoms with van der Waals surface area (Å²) in [6.45, 7) is 7.96. The van der Waals surface area contributed by atoms with Crippen molar-refractivity contribution in [1.29, 1.82) is 0 Å². The Morgan fingerprint density at radius 2 is 1.70 bits per heavy atom. The molecule has 1 heterocycles. The number of benzene rings is 2. The van der Waals surface area contributed by atoms with Crippen LogP contribution >= 0.6 is 0 Å². The van der Waals surface area contributed by atoms with Crippen molar-refractivity contribution in [1.82, 2.24) is 9.58 Å². The maximum atomic E-state index is 13.8. The molecule has 7 heteroatoms. The maximum absolute atomic E-state index is 13.8. The van der Waals surface area contributed by atoms with Crippen LogP contribution in [0.2, 0.25) is 0 Å². The molecule has 0 radical (unpaired) electrons. The summed E-state index contributed by atoms with van der Waals surface area (Å²) in [7, 11) is 5.47. The van der Waals surface area contributed by atoms with Gasteiger partial charge in [-0.15, -0.1) is 0 Å². The summed E-state index contributed by atoms with van der Waals surface area (Å²) >= 11 is 0. The molecule has 0 aliphatic rings. The zero-order chi connectivity index (χ0) is 24.3. The monoisotopic (exact) mass is 451 g/mol. The van der Waals surface area contributed by atoms with E-state index in [1.165, 1.54) is 9.69 Å². The van der Waals surface area contributed by atoms with E-state index in [9.17, 15) is 9.59 Å². The normalized spacial score (nSPS) is 11.6. The van der Waals surface area contributed by atoms with Crippen LogP contribution in [0.4, 0.5) is 4.79 Å². The van der Waals surface area contributed by atoms with E-state index in [1.54, 1.807) is 19.2 Å². The zero-order valence-corrected chi connectivity index (χ0v) is 20.5. The van der Waals surface area contributed by atoms with E-state index >= 15 is 0 Å². The van der Waals surface area contributed by atoms with Crippen molar-refractivity contribution in [3.05, 3.63) is 64.6 Å². The van der Waals surface area contributed by atoms with Crippen LogP contribution < -0.4 is 15.3 Å². The Morgan fingerprint density at radius 3 is 2.24 bits per heavy atom. The Bertz CT molecular complexity index is 1190. The van der Waals surface area contributed by atoms with Gasteiger partial charge in [0.05, 0.1) is 12.8 Å². The van der Waals surface area contributed by atoms with Gasteiger partial charge in [-0.05, 0) is 65.6 Å². The number of pyridine rings is 1. The van der Waals surface area contributed by atoms with E-state index in [0.29, 0.717) is 23.4 Å². The van der Waals surface area contributed by atoms with Crippen molar-refractivity contribution >= 4 is 16.9 Å². The van der Waals surface area contributed by atoms with Gasteiger partial charge in [-0.2, -0.15) is 0 Å². The predicted molar refractivity (Wildman–Crippen MR) is 133 cm³/mol. The van der Waals surface area contributed by atoms with E-state index in [1.807, 2.05) is 83.1 Å². The SMILES string of the molecule is CCN(C(=O)OC(C)(C)C)n1c(CN(C)C)c(-c2ccccc2)c2cc(OC)ccc2c1=O. The number of aromatic nitrogens is 1. The van der Waals surface area contributed by atoms with Gasteiger partial charge in [0.2, 0.25) is 0 Å². The topological polar surface area (TPSA) is 64.0 Å². The predicted octanol–water partition coefficient (Wildman–Crippen LogP) is 4.63. The molecular weight excluding hydrogens is 418 g/mol. The molecule has 2 aromatic carbocycles. The molecule has 7 nitrogen and oxygen atoms in total. The van der Waals surface area contributed by atoms with Gasteiger partial charge in [0.15, 0.2) is 0 Å². The molecule has 0 aliphatic heterocycles. The molecule has 0 unspecified atom stereocenters. The fraction of sp³-hybridized carbons (Fsp3) is 0.385. The standard InChI is InChI=1S/C26H33N3O4/c1-8-28(25(31)33-26(2,3)4)29-22(17-27(5)6)23(18-12-10-9-11-13-18)21-16-19(32-7)14-15-20(21)24(29)30/h9-16H,8,17H2,1-7H3. The van der Waals surface area contributed by atoms with Gasteiger partial charge in [-0.1, -0.05) is 30.3 Å². The van der Waals surface area contributed by atoms with Crippen LogP contribution in [-0.2, 0) is 11.3 Å². The summed E-state index contributed by atoms with van der Waals surface area (Å²) < 4.78 is 12.6. The van der Waals surface area contributed by atoms with E-state index < -0.39 is 11.7 Å². The lowest BCUT2D eigenvalue weighted by Crippen LogP contribution is -2.50. The number of nitrogens with zero attached hydrogens (tertiary/aromatic N) is 3. The van der Waals surface area contributed by atoms with E-state index in [2.05, 4.69) is 0 Å². The summed E-state index contributed by atoms with van der Waals surface area (Å²) in [4.78, 5) is 29.0. The second-order valence-electron chi connectivity index (χ2n) is 9.15. The lowest BCUT2D eigenvalue weighted by molar-refractivity contribution is 0.0536. The fourth-order valence-corrected chi connectivity index (χ4v) is 3.84. The third-order valence-corrected chi connectivity index (χ3v) is 5.14.